The molecule has 30 rings (SSSR count). The Kier molecular flexibility index (Phi) is 19.5. The maximum absolute atomic E-state index is 6.58. The molecular weight excluding hydrogens is 1780 g/mol. The first-order chi connectivity index (χ1) is 71.3. The molecule has 0 spiro atoms. The van der Waals surface area contributed by atoms with Crippen molar-refractivity contribution in [3.63, 3.8) is 0 Å². The molecule has 0 bridgehead atoms. The number of benzene rings is 17. The number of aromatic nitrogens is 11. The van der Waals surface area contributed by atoms with Crippen LogP contribution in [-0.4, -0.2) is 54.8 Å². The van der Waals surface area contributed by atoms with Gasteiger partial charge in [-0.2, -0.15) is 0 Å². The van der Waals surface area contributed by atoms with Gasteiger partial charge < -0.3 is 26.5 Å². The number of para-hydroxylation sites is 6. The molecule has 0 fully saturated rings. The predicted molar refractivity (Wildman–Crippen MR) is 576 cm³/mol. The van der Waals surface area contributed by atoms with Crippen LogP contribution in [0, 0.1) is 0 Å². The summed E-state index contributed by atoms with van der Waals surface area (Å²) in [5.41, 5.74) is 29.9. The summed E-state index contributed by atoms with van der Waals surface area (Å²) in [7, 11) is 0. The van der Waals surface area contributed by atoms with Crippen molar-refractivity contribution in [1.29, 1.82) is 0 Å². The minimum Gasteiger partial charge on any atom is -0.456 e. The van der Waals surface area contributed by atoms with Crippen molar-refractivity contribution in [1.82, 2.24) is 54.8 Å². The van der Waals surface area contributed by atoms with Crippen LogP contribution < -0.4 is 0 Å². The molecule has 0 aliphatic carbocycles. The molecule has 0 radical (unpaired) electrons. The van der Waals surface area contributed by atoms with Crippen LogP contribution in [0.4, 0.5) is 0 Å². The number of hydrogen-bond acceptors (Lipinski definition) is 17. The lowest BCUT2D eigenvalue weighted by Crippen LogP contribution is -2.00. The van der Waals surface area contributed by atoms with E-state index in [0.29, 0.717) is 34.9 Å². The normalized spacial score (nSPS) is 11.8. The van der Waals surface area contributed by atoms with Gasteiger partial charge in [-0.05, 0) is 131 Å². The number of rotatable bonds is 12. The van der Waals surface area contributed by atoms with E-state index in [1.54, 1.807) is 12.4 Å². The van der Waals surface area contributed by atoms with Crippen LogP contribution in [0.1, 0.15) is 0 Å². The minimum atomic E-state index is 0.588. The number of fused-ring (bicyclic) bond motifs is 24. The zero-order valence-corrected chi connectivity index (χ0v) is 76.5. The molecule has 0 saturated carbocycles. The highest BCUT2D eigenvalue weighted by Crippen LogP contribution is 2.49. The Morgan fingerprint density at radius 1 is 0.139 bits per heavy atom. The number of pyridine rings is 5. The molecule has 13 heterocycles. The lowest BCUT2D eigenvalue weighted by molar-refractivity contribution is 0.666. The van der Waals surface area contributed by atoms with Crippen LogP contribution in [0.3, 0.4) is 0 Å². The maximum Gasteiger partial charge on any atom is 0.164 e. The van der Waals surface area contributed by atoms with Crippen molar-refractivity contribution in [2.45, 2.75) is 0 Å². The smallest absolute Gasteiger partial charge is 0.164 e. The van der Waals surface area contributed by atoms with Gasteiger partial charge in [0, 0.05) is 151 Å². The molecule has 672 valence electrons. The molecule has 0 amide bonds. The van der Waals surface area contributed by atoms with Crippen molar-refractivity contribution in [2.75, 3.05) is 0 Å². The summed E-state index contributed by atoms with van der Waals surface area (Å²) in [5.74, 6) is 3.69. The zero-order chi connectivity index (χ0) is 94.8. The van der Waals surface area contributed by atoms with Gasteiger partial charge in [-0.1, -0.05) is 309 Å². The van der Waals surface area contributed by atoms with E-state index in [0.717, 1.165) is 265 Å². The van der Waals surface area contributed by atoms with Crippen molar-refractivity contribution < 1.29 is 26.5 Å². The van der Waals surface area contributed by atoms with Gasteiger partial charge in [-0.3, -0.25) is 9.97 Å². The molecule has 17 aromatic carbocycles. The maximum atomic E-state index is 6.58. The van der Waals surface area contributed by atoms with Crippen LogP contribution in [0.5, 0.6) is 0 Å². The van der Waals surface area contributed by atoms with E-state index in [-0.39, 0.29) is 0 Å². The molecule has 0 N–H and O–H groups in total. The van der Waals surface area contributed by atoms with E-state index in [1.165, 1.54) is 0 Å². The molecule has 0 aliphatic heterocycles. The van der Waals surface area contributed by atoms with Crippen molar-refractivity contribution >= 4 is 164 Å². The molecule has 30 aromatic rings. The monoisotopic (exact) mass is 1850 g/mol. The Balaban J connectivity index is 0.000000105. The Hall–Kier alpha value is -19.9. The van der Waals surface area contributed by atoms with E-state index >= 15 is 0 Å². The first-order valence-corrected chi connectivity index (χ1v) is 47.5. The average Bonchev–Trinajstić information content (AvgIpc) is 1.57. The Morgan fingerprint density at radius 2 is 0.389 bits per heavy atom. The first-order valence-electron chi connectivity index (χ1n) is 47.5. The summed E-state index contributed by atoms with van der Waals surface area (Å²) in [6, 6.07) is 141. The zero-order valence-electron chi connectivity index (χ0n) is 76.5. The largest absolute Gasteiger partial charge is 0.456 e. The number of nitrogens with zero attached hydrogens (tertiary/aromatic N) is 11. The summed E-state index contributed by atoms with van der Waals surface area (Å²) in [5, 5.41) is 15.0. The summed E-state index contributed by atoms with van der Waals surface area (Å²) in [6.45, 7) is 0. The lowest BCUT2D eigenvalue weighted by atomic mass is 9.93. The van der Waals surface area contributed by atoms with Gasteiger partial charge in [-0.25, -0.2) is 44.9 Å². The molecule has 144 heavy (non-hydrogen) atoms. The Morgan fingerprint density at radius 3 is 0.722 bits per heavy atom. The highest BCUT2D eigenvalue weighted by atomic mass is 16.4. The number of hydrogen-bond donors (Lipinski definition) is 0. The average molecular weight is 1850 g/mol. The molecule has 0 saturated heterocycles. The van der Waals surface area contributed by atoms with Gasteiger partial charge in [0.2, 0.25) is 0 Å². The van der Waals surface area contributed by atoms with Crippen LogP contribution in [0.2, 0.25) is 0 Å². The highest BCUT2D eigenvalue weighted by Gasteiger charge is 2.27. The number of furan rings is 6. The van der Waals surface area contributed by atoms with Crippen molar-refractivity contribution in [3.8, 4) is 135 Å². The third-order valence-corrected chi connectivity index (χ3v) is 27.0. The van der Waals surface area contributed by atoms with E-state index in [2.05, 4.69) is 174 Å². The minimum absolute atomic E-state index is 0.588. The molecule has 17 heteroatoms. The van der Waals surface area contributed by atoms with Gasteiger partial charge >= 0.3 is 0 Å². The van der Waals surface area contributed by atoms with Gasteiger partial charge in [0.25, 0.3) is 0 Å². The molecule has 17 nitrogen and oxygen atoms in total. The quantitative estimate of drug-likeness (QED) is 0.111. The lowest BCUT2D eigenvalue weighted by Gasteiger charge is -2.12. The van der Waals surface area contributed by atoms with Crippen LogP contribution in [0.25, 0.3) is 300 Å². The van der Waals surface area contributed by atoms with E-state index in [9.17, 15) is 0 Å². The molecule has 0 aliphatic rings. The topological polar surface area (TPSA) is 221 Å². The van der Waals surface area contributed by atoms with Gasteiger partial charge in [0.1, 0.15) is 67.0 Å². The highest BCUT2D eigenvalue weighted by molar-refractivity contribution is 6.26. The summed E-state index contributed by atoms with van der Waals surface area (Å²) < 4.78 is 38.4. The summed E-state index contributed by atoms with van der Waals surface area (Å²) in [6.07, 6.45) is 7.41. The van der Waals surface area contributed by atoms with Crippen LogP contribution in [0.15, 0.2) is 470 Å². The standard InChI is InChI=1S/C43H25N3O2.2C42H24N4O2/c1-3-11-38-33(9-1)35-22-37-36(23-40(35)47-38)43-41(34-10-2-4-12-39(34)48-43)42(46-37)27-15-13-26(14-16-27)30-19-31(28-7-5-17-44-24-28)21-32(20-30)29-8-6-18-45-25-29;1-3-12-25(13-4-1)40-44-41(26-14-5-2-6-15-26)46-42(45-40)28-17-11-16-27(22-28)38-37-30-19-8-10-21-35(30)48-39(37)32-24-36-31(23-33(32)43-38)29-18-7-9-20-34(29)47-36;1-3-11-26(12-4-1)40-44-41(27-13-5-2-6-14-27)46-42(45-40)28-21-19-25(20-22-28)38-37-30-16-8-10-18-35(30)48-39(37)32-24-36-31(23-33(32)43-38)29-15-7-9-17-34(29)47-36/h1-25H;2*1-24H. The van der Waals surface area contributed by atoms with Gasteiger partial charge in [0.05, 0.1) is 49.8 Å². The fraction of sp³-hybridized carbons (Fsp3) is 0. The first kappa shape index (κ1) is 82.4. The van der Waals surface area contributed by atoms with Crippen LogP contribution in [-0.2, 0) is 0 Å². The molecule has 13 aromatic heterocycles. The predicted octanol–water partition coefficient (Wildman–Crippen LogP) is 33.3. The van der Waals surface area contributed by atoms with E-state index < -0.39 is 0 Å². The fourth-order valence-electron chi connectivity index (χ4n) is 20.1. The van der Waals surface area contributed by atoms with Gasteiger partial charge in [0.15, 0.2) is 34.9 Å². The fourth-order valence-corrected chi connectivity index (χ4v) is 20.1. The second-order valence-corrected chi connectivity index (χ2v) is 35.8. The van der Waals surface area contributed by atoms with E-state index in [1.807, 2.05) is 267 Å². The molecular formula is C127H73N11O6. The SMILES string of the molecule is c1ccc(-c2nc(-c3ccccc3)nc(-c3ccc(-c4nc5cc6c(cc5c5oc7ccccc7c45)oc4ccccc46)cc3)n2)cc1.c1ccc(-c2nc(-c3ccccc3)nc(-c3cccc(-c4nc5cc6c(cc5c5oc7ccccc7c45)oc4ccccc46)c3)n2)cc1.c1cncc(-c2cc(-c3ccc(-c4nc5cc6c(cc5c5oc7ccccc7c45)oc4ccccc46)cc3)cc(-c3cccnc3)c2)c1. The molecule has 0 unspecified atom stereocenters. The summed E-state index contributed by atoms with van der Waals surface area (Å²) >= 11 is 0. The van der Waals surface area contributed by atoms with Gasteiger partial charge in [-0.15, -0.1) is 0 Å². The second-order valence-electron chi connectivity index (χ2n) is 35.8. The van der Waals surface area contributed by atoms with Crippen molar-refractivity contribution in [3.05, 3.63) is 443 Å². The Bertz CT molecular complexity index is 9780. The summed E-state index contributed by atoms with van der Waals surface area (Å²) in [4.78, 5) is 54.2. The Labute approximate surface area is 819 Å². The van der Waals surface area contributed by atoms with Crippen molar-refractivity contribution in [2.24, 2.45) is 0 Å². The van der Waals surface area contributed by atoms with E-state index in [4.69, 9.17) is 71.4 Å². The third-order valence-electron chi connectivity index (χ3n) is 27.0. The van der Waals surface area contributed by atoms with Crippen LogP contribution >= 0.6 is 0 Å². The second kappa shape index (κ2) is 34.1. The molecule has 0 atom stereocenters. The third kappa shape index (κ3) is 14.4.